The van der Waals surface area contributed by atoms with Gasteiger partial charge < -0.3 is 9.80 Å². The maximum absolute atomic E-state index is 8.85. The van der Waals surface area contributed by atoms with E-state index in [2.05, 4.69) is 226 Å². The van der Waals surface area contributed by atoms with Crippen molar-refractivity contribution in [1.82, 2.24) is 0 Å². The molecular weight excluding hydrogens is 844 g/mol. The van der Waals surface area contributed by atoms with Gasteiger partial charge in [0.05, 0.1) is 5.69 Å². The Kier molecular flexibility index (Phi) is 9.06. The summed E-state index contributed by atoms with van der Waals surface area (Å²) >= 11 is 0. The third-order valence-corrected chi connectivity index (χ3v) is 18.3. The first-order valence-corrected chi connectivity index (χ1v) is 26.3. The van der Waals surface area contributed by atoms with Crippen molar-refractivity contribution in [3.05, 3.63) is 172 Å². The van der Waals surface area contributed by atoms with Gasteiger partial charge in [-0.2, -0.15) is 0 Å². The van der Waals surface area contributed by atoms with Crippen LogP contribution in [-0.2, 0) is 38.9 Å². The van der Waals surface area contributed by atoms with Gasteiger partial charge in [-0.05, 0) is 192 Å². The largest absolute Gasteiger partial charge is 0.311 e. The molecule has 0 N–H and O–H groups in total. The highest BCUT2D eigenvalue weighted by atomic mass is 15.2. The summed E-state index contributed by atoms with van der Waals surface area (Å²) in [5.74, 6) is 0. The van der Waals surface area contributed by atoms with Gasteiger partial charge in [-0.3, -0.25) is 0 Å². The molecule has 0 unspecified atom stereocenters. The van der Waals surface area contributed by atoms with Crippen LogP contribution in [0, 0.1) is 0 Å². The van der Waals surface area contributed by atoms with Gasteiger partial charge in [0, 0.05) is 38.1 Å². The molecule has 0 fully saturated rings. The van der Waals surface area contributed by atoms with Crippen molar-refractivity contribution >= 4 is 57.2 Å². The van der Waals surface area contributed by atoms with Crippen LogP contribution in [0.1, 0.15) is 165 Å². The van der Waals surface area contributed by atoms with E-state index in [9.17, 15) is 0 Å². The van der Waals surface area contributed by atoms with Gasteiger partial charge in [-0.25, -0.2) is 0 Å². The number of benzene rings is 7. The van der Waals surface area contributed by atoms with Gasteiger partial charge in [-0.15, -0.1) is 0 Å². The van der Waals surface area contributed by atoms with Gasteiger partial charge in [0.15, 0.2) is 0 Å². The van der Waals surface area contributed by atoms with Crippen LogP contribution in [0.15, 0.2) is 133 Å². The number of hydrogen-bond acceptors (Lipinski definition) is 2. The smallest absolute Gasteiger partial charge is 0.252 e. The molecule has 2 heterocycles. The average Bonchev–Trinajstić information content (AvgIpc) is 3.52. The molecule has 3 heteroatoms. The zero-order valence-electron chi connectivity index (χ0n) is 46.9. The van der Waals surface area contributed by atoms with E-state index >= 15 is 0 Å². The predicted octanol–water partition coefficient (Wildman–Crippen LogP) is 16.3. The van der Waals surface area contributed by atoms with E-state index in [4.69, 9.17) is 4.11 Å². The third-order valence-electron chi connectivity index (χ3n) is 18.3. The Bertz CT molecular complexity index is 3410. The van der Waals surface area contributed by atoms with Gasteiger partial charge in [0.2, 0.25) is 0 Å². The first-order valence-electron chi connectivity index (χ1n) is 27.8. The second kappa shape index (κ2) is 15.1. The Morgan fingerprint density at radius 2 is 0.900 bits per heavy atom. The SMILES string of the molecule is [2H]C([2H])([2H])Cc1cc2c3c(c1)N(c1ccc(-c4ccccc4)cc1-c1ccccc1)c1cc4c(cc1B3c1cc3c(cc1N2c1ccc2c(c1)C(C)(C)CCC2(C)C)C(C)(C)CCC3(C)C)C(C)(C)CC4(C)C. The van der Waals surface area contributed by atoms with Crippen molar-refractivity contribution in [3.8, 4) is 22.3 Å². The molecule has 7 aromatic rings. The van der Waals surface area contributed by atoms with Crippen molar-refractivity contribution in [2.24, 2.45) is 0 Å². The normalized spacial score (nSPS) is 20.7. The van der Waals surface area contributed by atoms with E-state index < -0.39 is 6.85 Å². The van der Waals surface area contributed by atoms with Gasteiger partial charge in [0.1, 0.15) is 0 Å². The molecule has 0 amide bonds. The van der Waals surface area contributed by atoms with Crippen LogP contribution < -0.4 is 26.2 Å². The topological polar surface area (TPSA) is 6.48 Å². The molecule has 354 valence electrons. The monoisotopic (exact) mass is 920 g/mol. The zero-order valence-corrected chi connectivity index (χ0v) is 43.9. The second-order valence-electron chi connectivity index (χ2n) is 25.9. The van der Waals surface area contributed by atoms with Gasteiger partial charge in [-0.1, -0.05) is 175 Å². The highest BCUT2D eigenvalue weighted by Crippen LogP contribution is 2.56. The fourth-order valence-corrected chi connectivity index (χ4v) is 14.3. The number of aryl methyl sites for hydroxylation is 1. The quantitative estimate of drug-likeness (QED) is 0.159. The number of nitrogens with zero attached hydrogens (tertiary/aromatic N) is 2. The molecule has 3 aliphatic carbocycles. The molecular formula is C67H73BN2. The number of rotatable bonds is 5. The maximum atomic E-state index is 8.85. The minimum absolute atomic E-state index is 0.0110. The average molecular weight is 920 g/mol. The lowest BCUT2D eigenvalue weighted by molar-refractivity contribution is 0.332. The summed E-state index contributed by atoms with van der Waals surface area (Å²) in [4.78, 5) is 5.13. The molecule has 2 nitrogen and oxygen atoms in total. The summed E-state index contributed by atoms with van der Waals surface area (Å²) < 4.78 is 26.5. The Labute approximate surface area is 424 Å². The van der Waals surface area contributed by atoms with E-state index in [1.807, 2.05) is 0 Å². The van der Waals surface area contributed by atoms with Crippen molar-refractivity contribution in [1.29, 1.82) is 0 Å². The standard InChI is InChI=1S/C67H73BN2/c1-14-42-33-59-61-60(34-42)70(56-28-25-45(43-21-17-15-18-22-43)35-47(56)44-23-19-16-20-24-44)58-40-53-51(66(10,11)41-67(53,12)13)38-55(58)68(61)54-37-50-52(65(8,9)32-31-64(50,6)7)39-57(54)69(59)46-26-27-48-49(36-46)63(4,5)30-29-62(48,2)3/h15-28,33-40H,14,29-32,41H2,1-13H3/i1D3. The Morgan fingerprint density at radius 1 is 0.414 bits per heavy atom. The lowest BCUT2D eigenvalue weighted by Gasteiger charge is -2.48. The summed E-state index contributed by atoms with van der Waals surface area (Å²) in [6.45, 7) is 26.9. The van der Waals surface area contributed by atoms with E-state index in [0.717, 1.165) is 77.1 Å². The Hall–Kier alpha value is -5.80. The number of anilines is 6. The molecule has 0 saturated carbocycles. The molecule has 0 saturated heterocycles. The van der Waals surface area contributed by atoms with E-state index in [1.165, 1.54) is 66.7 Å². The van der Waals surface area contributed by atoms with Crippen molar-refractivity contribution in [2.75, 3.05) is 9.80 Å². The van der Waals surface area contributed by atoms with E-state index in [1.54, 1.807) is 0 Å². The zero-order chi connectivity index (χ0) is 51.6. The lowest BCUT2D eigenvalue weighted by atomic mass is 9.32. The highest BCUT2D eigenvalue weighted by molar-refractivity contribution is 7.00. The van der Waals surface area contributed by atoms with Crippen molar-refractivity contribution in [3.63, 3.8) is 0 Å². The fraction of sp³-hybridized carbons (Fsp3) is 0.373. The minimum Gasteiger partial charge on any atom is -0.311 e. The molecule has 0 radical (unpaired) electrons. The molecule has 7 aromatic carbocycles. The van der Waals surface area contributed by atoms with Gasteiger partial charge >= 0.3 is 0 Å². The summed E-state index contributed by atoms with van der Waals surface area (Å²) in [6.07, 6.45) is 5.51. The molecule has 5 aliphatic rings. The molecule has 0 aromatic heterocycles. The summed E-state index contributed by atoms with van der Waals surface area (Å²) in [5, 5.41) is 0. The van der Waals surface area contributed by atoms with Crippen LogP contribution >= 0.6 is 0 Å². The first kappa shape index (κ1) is 41.9. The summed E-state index contributed by atoms with van der Waals surface area (Å²) in [6, 6.07) is 50.8. The van der Waals surface area contributed by atoms with Gasteiger partial charge in [0.25, 0.3) is 6.71 Å². The summed E-state index contributed by atoms with van der Waals surface area (Å²) in [5.41, 5.74) is 24.5. The van der Waals surface area contributed by atoms with Crippen LogP contribution in [0.5, 0.6) is 0 Å². The fourth-order valence-electron chi connectivity index (χ4n) is 14.3. The molecule has 70 heavy (non-hydrogen) atoms. The second-order valence-corrected chi connectivity index (χ2v) is 25.9. The first-order chi connectivity index (χ1) is 34.2. The van der Waals surface area contributed by atoms with Crippen LogP contribution in [0.3, 0.4) is 0 Å². The van der Waals surface area contributed by atoms with Crippen LogP contribution in [0.4, 0.5) is 34.1 Å². The molecule has 2 aliphatic heterocycles. The molecule has 0 bridgehead atoms. The van der Waals surface area contributed by atoms with Crippen molar-refractivity contribution in [2.45, 2.75) is 161 Å². The molecule has 0 spiro atoms. The number of fused-ring (bicyclic) bond motifs is 7. The van der Waals surface area contributed by atoms with Crippen LogP contribution in [-0.4, -0.2) is 6.71 Å². The lowest BCUT2D eigenvalue weighted by Crippen LogP contribution is -2.62. The summed E-state index contributed by atoms with van der Waals surface area (Å²) in [7, 11) is 0. The predicted molar refractivity (Wildman–Crippen MR) is 302 cm³/mol. The number of hydrogen-bond donors (Lipinski definition) is 0. The third kappa shape index (κ3) is 6.72. The maximum Gasteiger partial charge on any atom is 0.252 e. The Morgan fingerprint density at radius 3 is 1.49 bits per heavy atom. The van der Waals surface area contributed by atoms with Crippen molar-refractivity contribution < 1.29 is 4.11 Å². The van der Waals surface area contributed by atoms with E-state index in [0.29, 0.717) is 0 Å². The Balaban J connectivity index is 1.24. The molecule has 12 rings (SSSR count). The highest BCUT2D eigenvalue weighted by Gasteiger charge is 2.50. The molecule has 0 atom stereocenters. The van der Waals surface area contributed by atoms with Crippen LogP contribution in [0.25, 0.3) is 22.3 Å². The van der Waals surface area contributed by atoms with E-state index in [-0.39, 0.29) is 45.6 Å². The minimum atomic E-state index is -2.19. The van der Waals surface area contributed by atoms with Crippen LogP contribution in [0.2, 0.25) is 0 Å².